The number of pyridine rings is 1. The first kappa shape index (κ1) is 18.2. The number of carbonyl (C=O) groups is 1. The molecule has 1 fully saturated rings. The molecule has 0 atom stereocenters. The normalized spacial score (nSPS) is 16.4. The van der Waals surface area contributed by atoms with Crippen molar-refractivity contribution < 1.29 is 14.3 Å². The van der Waals surface area contributed by atoms with Gasteiger partial charge in [0.2, 0.25) is 0 Å². The predicted octanol–water partition coefficient (Wildman–Crippen LogP) is 4.01. The second-order valence-corrected chi connectivity index (χ2v) is 7.73. The first-order valence-corrected chi connectivity index (χ1v) is 8.79. The smallest absolute Gasteiger partial charge is 0.410 e. The van der Waals surface area contributed by atoms with Crippen molar-refractivity contribution in [2.24, 2.45) is 5.92 Å². The summed E-state index contributed by atoms with van der Waals surface area (Å²) in [5, 5.41) is 0. The van der Waals surface area contributed by atoms with Crippen LogP contribution in [-0.2, 0) is 16.1 Å². The topological polar surface area (TPSA) is 51.7 Å². The number of amides is 1. The maximum absolute atomic E-state index is 12.0. The van der Waals surface area contributed by atoms with Crippen molar-refractivity contribution in [3.05, 3.63) is 28.5 Å². The Morgan fingerprint density at radius 1 is 1.35 bits per heavy atom. The van der Waals surface area contributed by atoms with E-state index >= 15 is 0 Å². The van der Waals surface area contributed by atoms with Gasteiger partial charge in [-0.05, 0) is 67.1 Å². The SMILES string of the molecule is CC(C)(C)OC(=O)N1CCC(COCc2ccc(Br)nc2)CC1. The van der Waals surface area contributed by atoms with E-state index in [0.717, 1.165) is 42.7 Å². The fourth-order valence-electron chi connectivity index (χ4n) is 2.44. The zero-order chi connectivity index (χ0) is 16.9. The number of piperidine rings is 1. The fraction of sp³-hybridized carbons (Fsp3) is 0.647. The van der Waals surface area contributed by atoms with E-state index in [2.05, 4.69) is 20.9 Å². The molecular weight excluding hydrogens is 360 g/mol. The number of nitrogens with zero attached hydrogens (tertiary/aromatic N) is 2. The molecule has 1 aliphatic heterocycles. The molecule has 6 heteroatoms. The maximum atomic E-state index is 12.0. The molecule has 1 saturated heterocycles. The van der Waals surface area contributed by atoms with Crippen LogP contribution in [0.3, 0.4) is 0 Å². The zero-order valence-electron chi connectivity index (χ0n) is 14.0. The molecule has 0 spiro atoms. The van der Waals surface area contributed by atoms with Gasteiger partial charge < -0.3 is 14.4 Å². The summed E-state index contributed by atoms with van der Waals surface area (Å²) >= 11 is 3.32. The molecule has 0 aliphatic carbocycles. The first-order valence-electron chi connectivity index (χ1n) is 7.99. The molecule has 0 N–H and O–H groups in total. The van der Waals surface area contributed by atoms with Crippen LogP contribution in [0.1, 0.15) is 39.2 Å². The van der Waals surface area contributed by atoms with Crippen LogP contribution in [0.15, 0.2) is 22.9 Å². The molecule has 23 heavy (non-hydrogen) atoms. The fourth-order valence-corrected chi connectivity index (χ4v) is 2.68. The van der Waals surface area contributed by atoms with Crippen molar-refractivity contribution in [3.8, 4) is 0 Å². The highest BCUT2D eigenvalue weighted by atomic mass is 79.9. The van der Waals surface area contributed by atoms with E-state index in [1.807, 2.05) is 39.1 Å². The number of ether oxygens (including phenoxy) is 2. The molecular formula is C17H25BrN2O3. The van der Waals surface area contributed by atoms with Crippen molar-refractivity contribution in [2.45, 2.75) is 45.8 Å². The number of rotatable bonds is 4. The summed E-state index contributed by atoms with van der Waals surface area (Å²) in [6.45, 7) is 8.45. The van der Waals surface area contributed by atoms with E-state index in [4.69, 9.17) is 9.47 Å². The summed E-state index contributed by atoms with van der Waals surface area (Å²) in [6, 6.07) is 3.92. The molecule has 1 aromatic rings. The van der Waals surface area contributed by atoms with Crippen LogP contribution >= 0.6 is 15.9 Å². The minimum Gasteiger partial charge on any atom is -0.444 e. The second kappa shape index (κ2) is 8.11. The van der Waals surface area contributed by atoms with Crippen molar-refractivity contribution in [3.63, 3.8) is 0 Å². The molecule has 1 amide bonds. The number of hydrogen-bond acceptors (Lipinski definition) is 4. The van der Waals surface area contributed by atoms with E-state index in [1.54, 1.807) is 4.90 Å². The molecule has 128 valence electrons. The van der Waals surface area contributed by atoms with Crippen LogP contribution in [-0.4, -0.2) is 41.3 Å². The van der Waals surface area contributed by atoms with Crippen LogP contribution in [0.2, 0.25) is 0 Å². The van der Waals surface area contributed by atoms with Crippen LogP contribution in [0.25, 0.3) is 0 Å². The lowest BCUT2D eigenvalue weighted by atomic mass is 9.98. The monoisotopic (exact) mass is 384 g/mol. The standard InChI is InChI=1S/C17H25BrN2O3/c1-17(2,3)23-16(21)20-8-6-13(7-9-20)11-22-12-14-4-5-15(18)19-10-14/h4-5,10,13H,6-9,11-12H2,1-3H3. The second-order valence-electron chi connectivity index (χ2n) is 6.92. The minimum absolute atomic E-state index is 0.210. The molecule has 0 unspecified atom stereocenters. The van der Waals surface area contributed by atoms with Crippen molar-refractivity contribution in [1.82, 2.24) is 9.88 Å². The third kappa shape index (κ3) is 6.47. The van der Waals surface area contributed by atoms with Gasteiger partial charge in [-0.2, -0.15) is 0 Å². The highest BCUT2D eigenvalue weighted by Gasteiger charge is 2.26. The number of likely N-dealkylation sites (tertiary alicyclic amines) is 1. The van der Waals surface area contributed by atoms with Gasteiger partial charge in [0.15, 0.2) is 0 Å². The van der Waals surface area contributed by atoms with Crippen molar-refractivity contribution in [1.29, 1.82) is 0 Å². The summed E-state index contributed by atoms with van der Waals surface area (Å²) in [7, 11) is 0. The van der Waals surface area contributed by atoms with E-state index in [1.165, 1.54) is 0 Å². The number of hydrogen-bond donors (Lipinski definition) is 0. The number of halogens is 1. The van der Waals surface area contributed by atoms with Gasteiger partial charge in [-0.3, -0.25) is 0 Å². The van der Waals surface area contributed by atoms with Crippen LogP contribution < -0.4 is 0 Å². The Kier molecular flexibility index (Phi) is 6.41. The molecule has 0 radical (unpaired) electrons. The quantitative estimate of drug-likeness (QED) is 0.735. The lowest BCUT2D eigenvalue weighted by Crippen LogP contribution is -2.42. The Morgan fingerprint density at radius 2 is 2.04 bits per heavy atom. The van der Waals surface area contributed by atoms with Crippen LogP contribution in [0, 0.1) is 5.92 Å². The van der Waals surface area contributed by atoms with Crippen LogP contribution in [0.4, 0.5) is 4.79 Å². The Bertz CT molecular complexity index is 506. The maximum Gasteiger partial charge on any atom is 0.410 e. The van der Waals surface area contributed by atoms with E-state index < -0.39 is 5.60 Å². The molecule has 5 nitrogen and oxygen atoms in total. The number of carbonyl (C=O) groups excluding carboxylic acids is 1. The predicted molar refractivity (Wildman–Crippen MR) is 92.1 cm³/mol. The Hall–Kier alpha value is -1.14. The Morgan fingerprint density at radius 3 is 2.61 bits per heavy atom. The average Bonchev–Trinajstić information content (AvgIpc) is 2.48. The third-order valence-corrected chi connectivity index (χ3v) is 4.15. The number of aromatic nitrogens is 1. The molecule has 1 aliphatic rings. The largest absolute Gasteiger partial charge is 0.444 e. The Labute approximate surface area is 146 Å². The summed E-state index contributed by atoms with van der Waals surface area (Å²) < 4.78 is 12.0. The van der Waals surface area contributed by atoms with Gasteiger partial charge in [-0.25, -0.2) is 9.78 Å². The molecule has 2 rings (SSSR count). The van der Waals surface area contributed by atoms with Gasteiger partial charge in [0.25, 0.3) is 0 Å². The van der Waals surface area contributed by atoms with Gasteiger partial charge in [0, 0.05) is 25.9 Å². The highest BCUT2D eigenvalue weighted by Crippen LogP contribution is 2.20. The van der Waals surface area contributed by atoms with Gasteiger partial charge in [0.05, 0.1) is 6.61 Å². The van der Waals surface area contributed by atoms with Crippen LogP contribution in [0.5, 0.6) is 0 Å². The van der Waals surface area contributed by atoms with Crippen molar-refractivity contribution in [2.75, 3.05) is 19.7 Å². The van der Waals surface area contributed by atoms with E-state index in [-0.39, 0.29) is 6.09 Å². The summed E-state index contributed by atoms with van der Waals surface area (Å²) in [5.41, 5.74) is 0.634. The lowest BCUT2D eigenvalue weighted by Gasteiger charge is -2.33. The first-order chi connectivity index (χ1) is 10.8. The van der Waals surface area contributed by atoms with Gasteiger partial charge in [-0.1, -0.05) is 6.07 Å². The van der Waals surface area contributed by atoms with Gasteiger partial charge in [0.1, 0.15) is 10.2 Å². The zero-order valence-corrected chi connectivity index (χ0v) is 15.6. The summed E-state index contributed by atoms with van der Waals surface area (Å²) in [5.74, 6) is 0.497. The summed E-state index contributed by atoms with van der Waals surface area (Å²) in [4.78, 5) is 18.0. The highest BCUT2D eigenvalue weighted by molar-refractivity contribution is 9.10. The lowest BCUT2D eigenvalue weighted by molar-refractivity contribution is 0.0105. The van der Waals surface area contributed by atoms with Gasteiger partial charge >= 0.3 is 6.09 Å². The minimum atomic E-state index is -0.435. The van der Waals surface area contributed by atoms with Crippen molar-refractivity contribution >= 4 is 22.0 Å². The average molecular weight is 385 g/mol. The van der Waals surface area contributed by atoms with E-state index in [0.29, 0.717) is 12.5 Å². The molecule has 0 bridgehead atoms. The molecule has 1 aromatic heterocycles. The van der Waals surface area contributed by atoms with E-state index in [9.17, 15) is 4.79 Å². The molecule has 0 saturated carbocycles. The molecule has 2 heterocycles. The summed E-state index contributed by atoms with van der Waals surface area (Å²) in [6.07, 6.45) is 3.52. The molecule has 0 aromatic carbocycles. The Balaban J connectivity index is 1.66. The third-order valence-electron chi connectivity index (χ3n) is 3.68. The van der Waals surface area contributed by atoms with Gasteiger partial charge in [-0.15, -0.1) is 0 Å².